The number of amides is 3. The van der Waals surface area contributed by atoms with Crippen LogP contribution in [-0.2, 0) is 9.47 Å². The molecule has 2 unspecified atom stereocenters. The van der Waals surface area contributed by atoms with Gasteiger partial charge in [-0.25, -0.2) is 4.79 Å². The Labute approximate surface area is 182 Å². The second kappa shape index (κ2) is 10.4. The van der Waals surface area contributed by atoms with Gasteiger partial charge in [-0.1, -0.05) is 36.4 Å². The number of urea groups is 1. The maximum atomic E-state index is 13.2. The van der Waals surface area contributed by atoms with Crippen LogP contribution in [0.25, 0.3) is 0 Å². The van der Waals surface area contributed by atoms with Gasteiger partial charge < -0.3 is 24.6 Å². The monoisotopic (exact) mass is 423 g/mol. The first kappa shape index (κ1) is 21.3. The van der Waals surface area contributed by atoms with Crippen LogP contribution in [0.1, 0.15) is 23.2 Å². The molecule has 2 fully saturated rings. The van der Waals surface area contributed by atoms with Crippen LogP contribution >= 0.6 is 0 Å². The molecule has 0 aromatic heterocycles. The van der Waals surface area contributed by atoms with Gasteiger partial charge in [0.25, 0.3) is 5.91 Å². The molecule has 7 heteroatoms. The third-order valence-corrected chi connectivity index (χ3v) is 5.63. The Bertz CT molecular complexity index is 856. The Morgan fingerprint density at radius 1 is 0.935 bits per heavy atom. The summed E-state index contributed by atoms with van der Waals surface area (Å²) in [5.41, 5.74) is 1.41. The lowest BCUT2D eigenvalue weighted by atomic mass is 10.1. The molecule has 0 bridgehead atoms. The van der Waals surface area contributed by atoms with E-state index in [0.29, 0.717) is 38.3 Å². The maximum Gasteiger partial charge on any atom is 0.322 e. The van der Waals surface area contributed by atoms with Gasteiger partial charge in [0.2, 0.25) is 0 Å². The highest BCUT2D eigenvalue weighted by Crippen LogP contribution is 2.17. The number of nitrogens with one attached hydrogen (secondary N) is 1. The summed E-state index contributed by atoms with van der Waals surface area (Å²) < 4.78 is 11.7. The molecule has 2 atom stereocenters. The molecule has 2 aromatic carbocycles. The van der Waals surface area contributed by atoms with Crippen LogP contribution < -0.4 is 5.32 Å². The number of benzene rings is 2. The lowest BCUT2D eigenvalue weighted by Crippen LogP contribution is -2.52. The van der Waals surface area contributed by atoms with Crippen LogP contribution in [0.15, 0.2) is 60.7 Å². The quantitative estimate of drug-likeness (QED) is 0.774. The largest absolute Gasteiger partial charge is 0.376 e. The highest BCUT2D eigenvalue weighted by atomic mass is 16.5. The van der Waals surface area contributed by atoms with Crippen molar-refractivity contribution in [2.24, 2.45) is 0 Å². The number of hydrogen-bond donors (Lipinski definition) is 1. The number of nitrogens with zero attached hydrogens (tertiary/aromatic N) is 2. The standard InChI is InChI=1S/C24H29N3O4/c28-23(19-8-3-1-4-9-19)27(16-21-12-7-14-30-21)18-22-17-26(13-15-31-22)24(29)25-20-10-5-2-6-11-20/h1-6,8-11,21-22H,7,12-18H2,(H,25,29). The number of anilines is 1. The van der Waals surface area contributed by atoms with E-state index in [4.69, 9.17) is 9.47 Å². The Morgan fingerprint density at radius 3 is 2.32 bits per heavy atom. The molecule has 0 saturated carbocycles. The fraction of sp³-hybridized carbons (Fsp3) is 0.417. The Kier molecular flexibility index (Phi) is 7.17. The molecule has 1 N–H and O–H groups in total. The highest BCUT2D eigenvalue weighted by molar-refractivity contribution is 5.94. The van der Waals surface area contributed by atoms with E-state index in [1.807, 2.05) is 65.6 Å². The highest BCUT2D eigenvalue weighted by Gasteiger charge is 2.30. The molecule has 0 radical (unpaired) electrons. The van der Waals surface area contributed by atoms with E-state index >= 15 is 0 Å². The third kappa shape index (κ3) is 5.83. The molecule has 31 heavy (non-hydrogen) atoms. The van der Waals surface area contributed by atoms with E-state index < -0.39 is 0 Å². The number of carbonyl (C=O) groups is 2. The smallest absolute Gasteiger partial charge is 0.322 e. The van der Waals surface area contributed by atoms with Gasteiger partial charge in [0.05, 0.1) is 25.4 Å². The van der Waals surface area contributed by atoms with Gasteiger partial charge in [0, 0.05) is 37.5 Å². The van der Waals surface area contributed by atoms with Gasteiger partial charge in [0.15, 0.2) is 0 Å². The Balaban J connectivity index is 1.40. The normalized spacial score (nSPS) is 21.0. The number of rotatable bonds is 6. The van der Waals surface area contributed by atoms with E-state index in [9.17, 15) is 9.59 Å². The third-order valence-electron chi connectivity index (χ3n) is 5.63. The van der Waals surface area contributed by atoms with Crippen molar-refractivity contribution in [2.75, 3.05) is 44.7 Å². The van der Waals surface area contributed by atoms with E-state index in [1.165, 1.54) is 0 Å². The van der Waals surface area contributed by atoms with Crippen molar-refractivity contribution in [2.45, 2.75) is 25.0 Å². The van der Waals surface area contributed by atoms with Crippen LogP contribution in [-0.4, -0.2) is 73.3 Å². The number of para-hydroxylation sites is 1. The van der Waals surface area contributed by atoms with Gasteiger partial charge in [0.1, 0.15) is 0 Å². The second-order valence-electron chi connectivity index (χ2n) is 7.95. The minimum absolute atomic E-state index is 0.0365. The molecule has 2 saturated heterocycles. The van der Waals surface area contributed by atoms with E-state index in [-0.39, 0.29) is 24.1 Å². The van der Waals surface area contributed by atoms with Gasteiger partial charge >= 0.3 is 6.03 Å². The summed E-state index contributed by atoms with van der Waals surface area (Å²) in [6.07, 6.45) is 1.78. The first-order valence-corrected chi connectivity index (χ1v) is 10.9. The fourth-order valence-corrected chi connectivity index (χ4v) is 4.02. The number of morpholine rings is 1. The lowest BCUT2D eigenvalue weighted by Gasteiger charge is -2.36. The zero-order valence-electron chi connectivity index (χ0n) is 17.6. The zero-order chi connectivity index (χ0) is 21.5. The average molecular weight is 424 g/mol. The van der Waals surface area contributed by atoms with E-state index in [2.05, 4.69) is 5.32 Å². The average Bonchev–Trinajstić information content (AvgIpc) is 3.33. The topological polar surface area (TPSA) is 71.1 Å². The molecule has 4 rings (SSSR count). The van der Waals surface area contributed by atoms with Crippen molar-refractivity contribution in [1.29, 1.82) is 0 Å². The second-order valence-corrected chi connectivity index (χ2v) is 7.95. The fourth-order valence-electron chi connectivity index (χ4n) is 4.02. The summed E-state index contributed by atoms with van der Waals surface area (Å²) in [7, 11) is 0. The van der Waals surface area contributed by atoms with Crippen LogP contribution in [0, 0.1) is 0 Å². The summed E-state index contributed by atoms with van der Waals surface area (Å²) in [5.74, 6) is -0.0365. The SMILES string of the molecule is O=C(Nc1ccccc1)N1CCOC(CN(CC2CCCO2)C(=O)c2ccccc2)C1. The van der Waals surface area contributed by atoms with Gasteiger partial charge in [-0.15, -0.1) is 0 Å². The summed E-state index contributed by atoms with van der Waals surface area (Å²) in [4.78, 5) is 29.4. The molecule has 0 aliphatic carbocycles. The first-order chi connectivity index (χ1) is 15.2. The Hall–Kier alpha value is -2.90. The van der Waals surface area contributed by atoms with Crippen LogP contribution in [0.5, 0.6) is 0 Å². The molecule has 2 heterocycles. The number of carbonyl (C=O) groups excluding carboxylic acids is 2. The molecule has 164 valence electrons. The Morgan fingerprint density at radius 2 is 1.61 bits per heavy atom. The van der Waals surface area contributed by atoms with Gasteiger partial charge in [-0.2, -0.15) is 0 Å². The molecule has 0 spiro atoms. The molecule has 2 aromatic rings. The summed E-state index contributed by atoms with van der Waals surface area (Å²) in [6, 6.07) is 18.5. The summed E-state index contributed by atoms with van der Waals surface area (Å²) in [5, 5.41) is 2.92. The van der Waals surface area contributed by atoms with Crippen molar-refractivity contribution in [3.05, 3.63) is 66.2 Å². The molecule has 2 aliphatic heterocycles. The summed E-state index contributed by atoms with van der Waals surface area (Å²) in [6.45, 7) is 3.09. The first-order valence-electron chi connectivity index (χ1n) is 10.9. The molecule has 3 amide bonds. The van der Waals surface area contributed by atoms with Gasteiger partial charge in [-0.3, -0.25) is 4.79 Å². The zero-order valence-corrected chi connectivity index (χ0v) is 17.6. The van der Waals surface area contributed by atoms with Crippen molar-refractivity contribution in [3.8, 4) is 0 Å². The summed E-state index contributed by atoms with van der Waals surface area (Å²) >= 11 is 0. The van der Waals surface area contributed by atoms with Crippen molar-refractivity contribution >= 4 is 17.6 Å². The molecule has 7 nitrogen and oxygen atoms in total. The number of ether oxygens (including phenoxy) is 2. The molecule has 2 aliphatic rings. The van der Waals surface area contributed by atoms with E-state index in [1.54, 1.807) is 4.90 Å². The van der Waals surface area contributed by atoms with E-state index in [0.717, 1.165) is 25.1 Å². The maximum absolute atomic E-state index is 13.2. The van der Waals surface area contributed by atoms with Crippen LogP contribution in [0.3, 0.4) is 0 Å². The van der Waals surface area contributed by atoms with Crippen molar-refractivity contribution < 1.29 is 19.1 Å². The lowest BCUT2D eigenvalue weighted by molar-refractivity contribution is -0.0315. The molecular weight excluding hydrogens is 394 g/mol. The van der Waals surface area contributed by atoms with Crippen molar-refractivity contribution in [3.63, 3.8) is 0 Å². The van der Waals surface area contributed by atoms with Crippen LogP contribution in [0.4, 0.5) is 10.5 Å². The van der Waals surface area contributed by atoms with Crippen molar-refractivity contribution in [1.82, 2.24) is 9.80 Å². The van der Waals surface area contributed by atoms with Crippen LogP contribution in [0.2, 0.25) is 0 Å². The number of hydrogen-bond acceptors (Lipinski definition) is 4. The predicted octanol–water partition coefficient (Wildman–Crippen LogP) is 3.24. The minimum atomic E-state index is -0.246. The minimum Gasteiger partial charge on any atom is -0.376 e. The molecular formula is C24H29N3O4. The predicted molar refractivity (Wildman–Crippen MR) is 118 cm³/mol. The van der Waals surface area contributed by atoms with Gasteiger partial charge in [-0.05, 0) is 37.1 Å².